The first-order chi connectivity index (χ1) is 10.1. The molecule has 0 bridgehead atoms. The Morgan fingerprint density at radius 2 is 2.14 bits per heavy atom. The lowest BCUT2D eigenvalue weighted by molar-refractivity contribution is 0.106. The highest BCUT2D eigenvalue weighted by Crippen LogP contribution is 2.19. The summed E-state index contributed by atoms with van der Waals surface area (Å²) in [7, 11) is 0. The summed E-state index contributed by atoms with van der Waals surface area (Å²) in [5.41, 5.74) is 3.60. The van der Waals surface area contributed by atoms with E-state index in [1.165, 1.54) is 11.1 Å². The van der Waals surface area contributed by atoms with Crippen LogP contribution < -0.4 is 10.1 Å². The van der Waals surface area contributed by atoms with Crippen molar-refractivity contribution in [3.05, 3.63) is 51.7 Å². The third kappa shape index (κ3) is 5.50. The van der Waals surface area contributed by atoms with E-state index < -0.39 is 6.10 Å². The third-order valence-corrected chi connectivity index (χ3v) is 4.06. The van der Waals surface area contributed by atoms with Crippen molar-refractivity contribution in [1.29, 1.82) is 0 Å². The summed E-state index contributed by atoms with van der Waals surface area (Å²) >= 11 is 1.71. The van der Waals surface area contributed by atoms with Crippen LogP contribution >= 0.6 is 11.3 Å². The van der Waals surface area contributed by atoms with Gasteiger partial charge in [0.25, 0.3) is 0 Å². The Bertz CT molecular complexity index is 540. The molecule has 2 rings (SSSR count). The number of aliphatic hydroxyl groups is 1. The van der Waals surface area contributed by atoms with Gasteiger partial charge in [-0.15, -0.1) is 0 Å². The number of thiophene rings is 1. The van der Waals surface area contributed by atoms with Crippen molar-refractivity contribution in [3.8, 4) is 5.75 Å². The van der Waals surface area contributed by atoms with Gasteiger partial charge >= 0.3 is 0 Å². The van der Waals surface area contributed by atoms with Gasteiger partial charge in [-0.25, -0.2) is 0 Å². The first-order valence-electron chi connectivity index (χ1n) is 7.25. The normalized spacial score (nSPS) is 12.3. The molecular weight excluding hydrogens is 282 g/mol. The molecule has 0 fully saturated rings. The number of benzene rings is 1. The van der Waals surface area contributed by atoms with Crippen molar-refractivity contribution in [2.45, 2.75) is 26.4 Å². The Morgan fingerprint density at radius 1 is 1.29 bits per heavy atom. The van der Waals surface area contributed by atoms with Gasteiger partial charge in [0.15, 0.2) is 0 Å². The van der Waals surface area contributed by atoms with Crippen LogP contribution in [0.15, 0.2) is 35.0 Å². The second kappa shape index (κ2) is 8.17. The lowest BCUT2D eigenvalue weighted by Gasteiger charge is -2.15. The summed E-state index contributed by atoms with van der Waals surface area (Å²) in [5.74, 6) is 0.854. The van der Waals surface area contributed by atoms with Gasteiger partial charge in [0.2, 0.25) is 0 Å². The minimum Gasteiger partial charge on any atom is -0.491 e. The Morgan fingerprint density at radius 3 is 2.90 bits per heavy atom. The molecule has 21 heavy (non-hydrogen) atoms. The molecule has 0 aliphatic rings. The Balaban J connectivity index is 1.65. The first kappa shape index (κ1) is 16.0. The predicted octanol–water partition coefficient (Wildman–Crippen LogP) is 2.94. The monoisotopic (exact) mass is 305 g/mol. The van der Waals surface area contributed by atoms with Crippen molar-refractivity contribution in [2.24, 2.45) is 0 Å². The minimum absolute atomic E-state index is 0.315. The quantitative estimate of drug-likeness (QED) is 0.737. The van der Waals surface area contributed by atoms with Crippen LogP contribution in [0, 0.1) is 13.8 Å². The van der Waals surface area contributed by atoms with Gasteiger partial charge in [0.05, 0.1) is 0 Å². The molecule has 1 aromatic heterocycles. The van der Waals surface area contributed by atoms with Crippen LogP contribution in [-0.2, 0) is 6.42 Å². The van der Waals surface area contributed by atoms with E-state index in [9.17, 15) is 5.11 Å². The highest BCUT2D eigenvalue weighted by atomic mass is 32.1. The van der Waals surface area contributed by atoms with Gasteiger partial charge < -0.3 is 15.2 Å². The van der Waals surface area contributed by atoms with Gasteiger partial charge in [0.1, 0.15) is 18.5 Å². The topological polar surface area (TPSA) is 41.5 Å². The fourth-order valence-corrected chi connectivity index (χ4v) is 2.75. The van der Waals surface area contributed by atoms with E-state index in [1.54, 1.807) is 11.3 Å². The fraction of sp³-hybridized carbons (Fsp3) is 0.412. The molecule has 1 heterocycles. The highest BCUT2D eigenvalue weighted by Gasteiger charge is 2.06. The smallest absolute Gasteiger partial charge is 0.122 e. The number of nitrogens with one attached hydrogen (secondary N) is 1. The van der Waals surface area contributed by atoms with Crippen molar-refractivity contribution < 1.29 is 9.84 Å². The van der Waals surface area contributed by atoms with Gasteiger partial charge in [-0.2, -0.15) is 11.3 Å². The molecule has 1 unspecified atom stereocenters. The van der Waals surface area contributed by atoms with Crippen molar-refractivity contribution in [1.82, 2.24) is 5.32 Å². The second-order valence-corrected chi connectivity index (χ2v) is 6.10. The van der Waals surface area contributed by atoms with Gasteiger partial charge in [0, 0.05) is 6.54 Å². The molecule has 0 aliphatic carbocycles. The molecule has 4 heteroatoms. The van der Waals surface area contributed by atoms with Gasteiger partial charge in [-0.05, 0) is 66.4 Å². The molecule has 1 atom stereocenters. The van der Waals surface area contributed by atoms with E-state index in [1.807, 2.05) is 26.0 Å². The number of aryl methyl sites for hydroxylation is 2. The van der Waals surface area contributed by atoms with Crippen LogP contribution in [0.25, 0.3) is 0 Å². The molecular formula is C17H23NO2S. The summed E-state index contributed by atoms with van der Waals surface area (Å²) in [6, 6.07) is 8.24. The van der Waals surface area contributed by atoms with E-state index in [-0.39, 0.29) is 0 Å². The molecule has 2 N–H and O–H groups in total. The zero-order valence-electron chi connectivity index (χ0n) is 12.6. The van der Waals surface area contributed by atoms with E-state index >= 15 is 0 Å². The largest absolute Gasteiger partial charge is 0.491 e. The molecule has 114 valence electrons. The van der Waals surface area contributed by atoms with Crippen LogP contribution in [0.3, 0.4) is 0 Å². The summed E-state index contributed by atoms with van der Waals surface area (Å²) in [6.07, 6.45) is 0.501. The van der Waals surface area contributed by atoms with Crippen LogP contribution in [0.2, 0.25) is 0 Å². The molecule has 2 aromatic rings. The minimum atomic E-state index is -0.493. The fourth-order valence-electron chi connectivity index (χ4n) is 2.04. The molecule has 0 amide bonds. The number of ether oxygens (including phenoxy) is 1. The van der Waals surface area contributed by atoms with Crippen LogP contribution in [0.4, 0.5) is 0 Å². The standard InChI is InChI=1S/C17H23NO2S/c1-13-3-4-14(2)17(9-13)20-11-16(19)10-18-7-5-15-6-8-21-12-15/h3-4,6,8-9,12,16,18-19H,5,7,10-11H2,1-2H3. The van der Waals surface area contributed by atoms with Crippen LogP contribution in [-0.4, -0.2) is 30.9 Å². The predicted molar refractivity (Wildman–Crippen MR) is 88.3 cm³/mol. The zero-order valence-corrected chi connectivity index (χ0v) is 13.5. The van der Waals surface area contributed by atoms with E-state index in [0.29, 0.717) is 13.2 Å². The highest BCUT2D eigenvalue weighted by molar-refractivity contribution is 7.07. The van der Waals surface area contributed by atoms with E-state index in [4.69, 9.17) is 4.74 Å². The number of rotatable bonds is 8. The number of aliphatic hydroxyl groups excluding tert-OH is 1. The zero-order chi connectivity index (χ0) is 15.1. The second-order valence-electron chi connectivity index (χ2n) is 5.32. The molecule has 0 radical (unpaired) electrons. The van der Waals surface area contributed by atoms with Crippen molar-refractivity contribution in [2.75, 3.05) is 19.7 Å². The molecule has 1 aromatic carbocycles. The maximum Gasteiger partial charge on any atom is 0.122 e. The summed E-state index contributed by atoms with van der Waals surface area (Å²) in [4.78, 5) is 0. The van der Waals surface area contributed by atoms with Crippen LogP contribution in [0.1, 0.15) is 16.7 Å². The lowest BCUT2D eigenvalue weighted by Crippen LogP contribution is -2.32. The average Bonchev–Trinajstić information content (AvgIpc) is 2.98. The van der Waals surface area contributed by atoms with E-state index in [0.717, 1.165) is 24.3 Å². The SMILES string of the molecule is Cc1ccc(C)c(OCC(O)CNCCc2ccsc2)c1. The van der Waals surface area contributed by atoms with Crippen molar-refractivity contribution >= 4 is 11.3 Å². The molecule has 0 spiro atoms. The maximum atomic E-state index is 9.94. The summed E-state index contributed by atoms with van der Waals surface area (Å²) < 4.78 is 5.69. The van der Waals surface area contributed by atoms with Gasteiger partial charge in [-0.3, -0.25) is 0 Å². The average molecular weight is 305 g/mol. The first-order valence-corrected chi connectivity index (χ1v) is 8.19. The van der Waals surface area contributed by atoms with Crippen LogP contribution in [0.5, 0.6) is 5.75 Å². The third-order valence-electron chi connectivity index (χ3n) is 3.33. The van der Waals surface area contributed by atoms with Crippen molar-refractivity contribution in [3.63, 3.8) is 0 Å². The van der Waals surface area contributed by atoms with Gasteiger partial charge in [-0.1, -0.05) is 12.1 Å². The molecule has 0 saturated heterocycles. The summed E-state index contributed by atoms with van der Waals surface area (Å²) in [6.45, 7) is 5.79. The Kier molecular flexibility index (Phi) is 6.23. The Labute approximate surface area is 130 Å². The molecule has 3 nitrogen and oxygen atoms in total. The molecule has 0 saturated carbocycles. The maximum absolute atomic E-state index is 9.94. The number of hydrogen-bond acceptors (Lipinski definition) is 4. The number of hydrogen-bond donors (Lipinski definition) is 2. The lowest BCUT2D eigenvalue weighted by atomic mass is 10.1. The molecule has 0 aliphatic heterocycles. The summed E-state index contributed by atoms with van der Waals surface area (Å²) in [5, 5.41) is 17.4. The van der Waals surface area contributed by atoms with E-state index in [2.05, 4.69) is 28.2 Å². The Hall–Kier alpha value is -1.36.